The normalized spacial score (nSPS) is 54.1. The Morgan fingerprint density at radius 3 is 2.32 bits per heavy atom. The molecule has 0 radical (unpaired) electrons. The first-order valence-corrected chi connectivity index (χ1v) is 15.4. The molecule has 0 heterocycles. The van der Waals surface area contributed by atoms with E-state index in [1.807, 2.05) is 13.0 Å². The van der Waals surface area contributed by atoms with Crippen LogP contribution in [0.5, 0.6) is 0 Å². The lowest BCUT2D eigenvalue weighted by atomic mass is 9.31. The van der Waals surface area contributed by atoms with Crippen molar-refractivity contribution < 1.29 is 18.8 Å². The van der Waals surface area contributed by atoms with E-state index in [2.05, 4.69) is 51.0 Å². The van der Waals surface area contributed by atoms with Crippen LogP contribution in [0, 0.1) is 38.9 Å². The largest absolute Gasteiger partial charge is 0.451 e. The van der Waals surface area contributed by atoms with Gasteiger partial charge in [0, 0.05) is 17.6 Å². The van der Waals surface area contributed by atoms with Crippen LogP contribution in [-0.2, 0) is 18.8 Å². The molecule has 4 N–H and O–H groups in total. The molecule has 0 bridgehead atoms. The summed E-state index contributed by atoms with van der Waals surface area (Å²) >= 11 is 0. The Hall–Kier alpha value is -0.810. The Labute approximate surface area is 232 Å². The van der Waals surface area contributed by atoms with E-state index >= 15 is 0 Å². The third-order valence-electron chi connectivity index (χ3n) is 13.8. The van der Waals surface area contributed by atoms with Crippen molar-refractivity contribution in [2.24, 2.45) is 50.4 Å². The van der Waals surface area contributed by atoms with E-state index in [4.69, 9.17) is 20.7 Å². The van der Waals surface area contributed by atoms with Gasteiger partial charge in [-0.05, 0) is 111 Å². The van der Waals surface area contributed by atoms with Gasteiger partial charge in [-0.25, -0.2) is 0 Å². The minimum atomic E-state index is -0.979. The predicted octanol–water partition coefficient (Wildman–Crippen LogP) is 5.48. The van der Waals surface area contributed by atoms with Gasteiger partial charge in [0.1, 0.15) is 0 Å². The number of rotatable bonds is 3. The fraction of sp³-hybridized carbons (Fsp3) is 0.871. The maximum atomic E-state index is 14.6. The molecular weight excluding hydrogens is 495 g/mol. The molecule has 7 heteroatoms. The smallest absolute Gasteiger partial charge is 0.314 e. The molecule has 0 aromatic rings. The topological polar surface area (TPSA) is 105 Å². The van der Waals surface area contributed by atoms with Crippen LogP contribution >= 0.6 is 9.47 Å². The molecule has 5 aliphatic carbocycles. The highest BCUT2D eigenvalue weighted by Crippen LogP contribution is 2.75. The molecule has 0 amide bonds. The summed E-state index contributed by atoms with van der Waals surface area (Å²) in [7, 11) is 2.11. The number of fused-ring (bicyclic) bond motifs is 7. The van der Waals surface area contributed by atoms with E-state index in [9.17, 15) is 9.59 Å². The molecule has 6 nitrogen and oxygen atoms in total. The van der Waals surface area contributed by atoms with Gasteiger partial charge in [0.15, 0.2) is 5.78 Å². The Morgan fingerprint density at radius 1 is 1.03 bits per heavy atom. The summed E-state index contributed by atoms with van der Waals surface area (Å²) in [5.74, 6) is 0.495. The molecule has 0 saturated heterocycles. The zero-order chi connectivity index (χ0) is 28.2. The van der Waals surface area contributed by atoms with Crippen molar-refractivity contribution in [1.82, 2.24) is 0 Å². The van der Waals surface area contributed by atoms with Crippen LogP contribution in [0.2, 0.25) is 0 Å². The molecule has 38 heavy (non-hydrogen) atoms. The quantitative estimate of drug-likeness (QED) is 0.455. The van der Waals surface area contributed by atoms with Crippen LogP contribution in [0.25, 0.3) is 0 Å². The second kappa shape index (κ2) is 8.60. The second-order valence-corrected chi connectivity index (χ2v) is 15.3. The summed E-state index contributed by atoms with van der Waals surface area (Å²) in [5, 5.41) is 0. The van der Waals surface area contributed by atoms with Gasteiger partial charge in [0.25, 0.3) is 0 Å². The molecule has 0 aromatic heterocycles. The number of hydrogen-bond acceptors (Lipinski definition) is 6. The fourth-order valence-corrected chi connectivity index (χ4v) is 11.1. The maximum absolute atomic E-state index is 14.6. The number of carbonyl (C=O) groups is 2. The summed E-state index contributed by atoms with van der Waals surface area (Å²) in [6.45, 7) is 16.3. The lowest BCUT2D eigenvalue weighted by molar-refractivity contribution is -0.200. The van der Waals surface area contributed by atoms with Gasteiger partial charge in [-0.2, -0.15) is 0 Å². The van der Waals surface area contributed by atoms with Gasteiger partial charge in [0.2, 0.25) is 0 Å². The summed E-state index contributed by atoms with van der Waals surface area (Å²) < 4.78 is 11.3. The third-order valence-corrected chi connectivity index (χ3v) is 14.0. The summed E-state index contributed by atoms with van der Waals surface area (Å²) in [6, 6.07) is 0. The number of carbonyl (C=O) groups excluding carboxylic acids is 2. The van der Waals surface area contributed by atoms with Crippen LogP contribution < -0.4 is 11.5 Å². The first-order valence-electron chi connectivity index (χ1n) is 14.9. The van der Waals surface area contributed by atoms with Gasteiger partial charge in [-0.15, -0.1) is 0 Å². The van der Waals surface area contributed by atoms with E-state index in [0.29, 0.717) is 24.9 Å². The molecule has 5 aliphatic rings. The third kappa shape index (κ3) is 3.15. The predicted molar refractivity (Wildman–Crippen MR) is 153 cm³/mol. The Bertz CT molecular complexity index is 1080. The van der Waals surface area contributed by atoms with Crippen molar-refractivity contribution in [3.63, 3.8) is 0 Å². The SMILES string of the molecule is CCO[C@H]1CC[C@@]2(C)[C@@H](CC[C@]3(C)[C@]2(N)C(=O)C=C2[C@]4(N)C[C@@](C)(C(=O)OP)CC[C@]4(C)CC[C@]23C)[C@H]1C. The molecular formula is C31H51N2O4P. The van der Waals surface area contributed by atoms with Crippen molar-refractivity contribution in [2.75, 3.05) is 6.61 Å². The molecule has 0 aliphatic heterocycles. The zero-order valence-electron chi connectivity index (χ0n) is 24.7. The van der Waals surface area contributed by atoms with Gasteiger partial charge >= 0.3 is 5.97 Å². The van der Waals surface area contributed by atoms with Gasteiger partial charge < -0.3 is 20.7 Å². The van der Waals surface area contributed by atoms with Crippen molar-refractivity contribution in [2.45, 2.75) is 123 Å². The van der Waals surface area contributed by atoms with Gasteiger partial charge in [0.05, 0.1) is 26.5 Å². The van der Waals surface area contributed by atoms with E-state index in [1.54, 1.807) is 0 Å². The van der Waals surface area contributed by atoms with Crippen molar-refractivity contribution in [3.05, 3.63) is 11.6 Å². The standard InChI is InChI=1S/C31H51N2O4P/c1-8-36-21-10-11-27(5)20(19(21)2)9-12-29(7)28(6)16-15-26(4)14-13-25(3,24(35)37-38)18-30(26,32)22(28)17-23(34)31(27,29)33/h17,19-21H,8-16,18,32-33,38H2,1-7H3/t19-,20+,21+,25+,26-,27+,28-,29+,30-,31+/m1/s1. The molecule has 4 fully saturated rings. The summed E-state index contributed by atoms with van der Waals surface area (Å²) in [6.07, 6.45) is 9.86. The van der Waals surface area contributed by atoms with Crippen LogP contribution in [-0.4, -0.2) is 35.5 Å². The van der Waals surface area contributed by atoms with Crippen molar-refractivity contribution in [3.8, 4) is 0 Å². The lowest BCUT2D eigenvalue weighted by Crippen LogP contribution is -2.81. The first kappa shape index (κ1) is 28.7. The first-order chi connectivity index (χ1) is 17.5. The van der Waals surface area contributed by atoms with Crippen molar-refractivity contribution in [1.29, 1.82) is 0 Å². The highest BCUT2D eigenvalue weighted by Gasteiger charge is 2.76. The number of ketones is 1. The van der Waals surface area contributed by atoms with Crippen molar-refractivity contribution >= 4 is 21.2 Å². The minimum absolute atomic E-state index is 0.0386. The average molecular weight is 547 g/mol. The lowest BCUT2D eigenvalue weighted by Gasteiger charge is -2.74. The van der Waals surface area contributed by atoms with Crippen LogP contribution in [0.4, 0.5) is 0 Å². The van der Waals surface area contributed by atoms with E-state index in [0.717, 1.165) is 56.9 Å². The second-order valence-electron chi connectivity index (χ2n) is 15.0. The maximum Gasteiger partial charge on any atom is 0.314 e. The van der Waals surface area contributed by atoms with Crippen LogP contribution in [0.3, 0.4) is 0 Å². The van der Waals surface area contributed by atoms with Gasteiger partial charge in [-0.3, -0.25) is 9.59 Å². The van der Waals surface area contributed by atoms with Crippen LogP contribution in [0.15, 0.2) is 11.6 Å². The minimum Gasteiger partial charge on any atom is -0.451 e. The zero-order valence-corrected chi connectivity index (χ0v) is 25.9. The molecule has 11 atom stereocenters. The average Bonchev–Trinajstić information content (AvgIpc) is 2.86. The molecule has 0 aromatic carbocycles. The van der Waals surface area contributed by atoms with E-state index < -0.39 is 21.9 Å². The Balaban J connectivity index is 1.65. The monoisotopic (exact) mass is 546 g/mol. The Morgan fingerprint density at radius 2 is 1.68 bits per heavy atom. The number of hydrogen-bond donors (Lipinski definition) is 2. The molecule has 0 spiro atoms. The van der Waals surface area contributed by atoms with Gasteiger partial charge in [-0.1, -0.05) is 34.6 Å². The Kier molecular flexibility index (Phi) is 6.50. The molecule has 214 valence electrons. The molecule has 1 unspecified atom stereocenters. The fourth-order valence-electron chi connectivity index (χ4n) is 10.8. The summed E-state index contributed by atoms with van der Waals surface area (Å²) in [5.41, 5.74) is 12.5. The summed E-state index contributed by atoms with van der Waals surface area (Å²) in [4.78, 5) is 27.6. The van der Waals surface area contributed by atoms with E-state index in [1.165, 1.54) is 0 Å². The van der Waals surface area contributed by atoms with E-state index in [-0.39, 0.29) is 34.1 Å². The highest BCUT2D eigenvalue weighted by molar-refractivity contribution is 7.10. The molecule has 5 rings (SSSR count). The molecule has 4 saturated carbocycles. The van der Waals surface area contributed by atoms with Crippen LogP contribution in [0.1, 0.15) is 106 Å². The number of ether oxygens (including phenoxy) is 1. The highest BCUT2D eigenvalue weighted by atomic mass is 31.0. The number of nitrogens with two attached hydrogens (primary N) is 2.